The van der Waals surface area contributed by atoms with Gasteiger partial charge in [-0.1, -0.05) is 0 Å². The summed E-state index contributed by atoms with van der Waals surface area (Å²) >= 11 is 0. The highest BCUT2D eigenvalue weighted by Crippen LogP contribution is 2.36. The first-order valence-electron chi connectivity index (χ1n) is 10.8. The SMILES string of the molecule is CC1(C)OB(c2cnc(S(=O)(=O)CCC3CCN(C(=O)[C@H](O)CO)CC3)nc2)OC1(C)C. The highest BCUT2D eigenvalue weighted by atomic mass is 32.2. The standard InChI is InChI=1S/C20H32BN3O7S/c1-19(2)20(3,4)31-21(30-19)15-11-22-18(23-12-15)32(28,29)10-7-14-5-8-24(9-6-14)17(27)16(26)13-25/h11-12,14,16,25-26H,5-10,13H2,1-4H3/t16-/m1/s1. The van der Waals surface area contributed by atoms with Crippen LogP contribution in [0.25, 0.3) is 0 Å². The topological polar surface area (TPSA) is 139 Å². The minimum Gasteiger partial charge on any atom is -0.399 e. The second kappa shape index (κ2) is 9.34. The second-order valence-corrected chi connectivity index (χ2v) is 11.5. The molecule has 0 unspecified atom stereocenters. The molecular formula is C20H32BN3O7S. The lowest BCUT2D eigenvalue weighted by molar-refractivity contribution is -0.143. The Kier molecular flexibility index (Phi) is 7.31. The smallest absolute Gasteiger partial charge is 0.399 e. The van der Waals surface area contributed by atoms with E-state index < -0.39 is 46.8 Å². The van der Waals surface area contributed by atoms with Crippen LogP contribution in [0.1, 0.15) is 47.0 Å². The Labute approximate surface area is 189 Å². The first-order chi connectivity index (χ1) is 14.9. The summed E-state index contributed by atoms with van der Waals surface area (Å²) in [5.74, 6) is -0.432. The maximum Gasteiger partial charge on any atom is 0.498 e. The molecule has 2 aliphatic heterocycles. The van der Waals surface area contributed by atoms with Crippen LogP contribution in [0.4, 0.5) is 0 Å². The van der Waals surface area contributed by atoms with Crippen molar-refractivity contribution in [2.75, 3.05) is 25.4 Å². The van der Waals surface area contributed by atoms with Crippen LogP contribution in [-0.4, -0.2) is 89.3 Å². The van der Waals surface area contributed by atoms with E-state index >= 15 is 0 Å². The average Bonchev–Trinajstić information content (AvgIpc) is 2.98. The van der Waals surface area contributed by atoms with Crippen molar-refractivity contribution in [3.63, 3.8) is 0 Å². The maximum atomic E-state index is 12.7. The molecule has 1 amide bonds. The molecule has 1 aromatic heterocycles. The first-order valence-corrected chi connectivity index (χ1v) is 12.5. The molecule has 3 rings (SSSR count). The van der Waals surface area contributed by atoms with Crippen LogP contribution in [0.3, 0.4) is 0 Å². The molecule has 2 aliphatic rings. The Hall–Kier alpha value is -1.60. The Balaban J connectivity index is 1.54. The number of hydrogen-bond donors (Lipinski definition) is 2. The number of carbonyl (C=O) groups is 1. The van der Waals surface area contributed by atoms with E-state index in [1.165, 1.54) is 17.3 Å². The molecule has 12 heteroatoms. The van der Waals surface area contributed by atoms with Crippen LogP contribution in [0.5, 0.6) is 0 Å². The van der Waals surface area contributed by atoms with Crippen molar-refractivity contribution in [2.45, 2.75) is 69.4 Å². The normalized spacial score (nSPS) is 22.2. The van der Waals surface area contributed by atoms with Crippen molar-refractivity contribution in [1.29, 1.82) is 0 Å². The minimum atomic E-state index is -3.65. The fourth-order valence-corrected chi connectivity index (χ4v) is 4.98. The molecular weight excluding hydrogens is 437 g/mol. The van der Waals surface area contributed by atoms with Crippen LogP contribution in [-0.2, 0) is 23.9 Å². The third-order valence-electron chi connectivity index (χ3n) is 6.63. The molecule has 2 N–H and O–H groups in total. The lowest BCUT2D eigenvalue weighted by Gasteiger charge is -2.32. The van der Waals surface area contributed by atoms with Crippen LogP contribution in [0, 0.1) is 5.92 Å². The third-order valence-corrected chi connectivity index (χ3v) is 8.17. The first kappa shape index (κ1) is 25.0. The van der Waals surface area contributed by atoms with E-state index in [2.05, 4.69) is 9.97 Å². The van der Waals surface area contributed by atoms with Crippen molar-refractivity contribution in [3.8, 4) is 0 Å². The zero-order chi connectivity index (χ0) is 23.7. The van der Waals surface area contributed by atoms with Crippen LogP contribution in [0.2, 0.25) is 0 Å². The van der Waals surface area contributed by atoms with Crippen LogP contribution < -0.4 is 5.46 Å². The lowest BCUT2D eigenvalue weighted by Crippen LogP contribution is -2.45. The van der Waals surface area contributed by atoms with Gasteiger partial charge in [0.05, 0.1) is 23.6 Å². The third kappa shape index (κ3) is 5.31. The number of aromatic nitrogens is 2. The Morgan fingerprint density at radius 1 is 1.19 bits per heavy atom. The van der Waals surface area contributed by atoms with Gasteiger partial charge in [0.1, 0.15) is 0 Å². The summed E-state index contributed by atoms with van der Waals surface area (Å²) < 4.78 is 37.3. The van der Waals surface area contributed by atoms with Gasteiger partial charge in [0.15, 0.2) is 6.10 Å². The fourth-order valence-electron chi connectivity index (χ4n) is 3.73. The maximum absolute atomic E-state index is 12.7. The number of piperidine rings is 1. The predicted molar refractivity (Wildman–Crippen MR) is 117 cm³/mol. The fraction of sp³-hybridized carbons (Fsp3) is 0.750. The van der Waals surface area contributed by atoms with E-state index in [0.717, 1.165) is 0 Å². The van der Waals surface area contributed by atoms with Crippen molar-refractivity contribution < 1.29 is 32.7 Å². The number of hydrogen-bond acceptors (Lipinski definition) is 9. The monoisotopic (exact) mass is 469 g/mol. The Morgan fingerprint density at radius 2 is 1.72 bits per heavy atom. The number of likely N-dealkylation sites (tertiary alicyclic amines) is 1. The van der Waals surface area contributed by atoms with Gasteiger partial charge in [0, 0.05) is 30.9 Å². The number of amides is 1. The highest BCUT2D eigenvalue weighted by Gasteiger charge is 2.52. The Bertz CT molecular complexity index is 900. The largest absolute Gasteiger partial charge is 0.498 e. The van der Waals surface area contributed by atoms with Crippen molar-refractivity contribution >= 4 is 28.3 Å². The quantitative estimate of drug-likeness (QED) is 0.401. The zero-order valence-electron chi connectivity index (χ0n) is 19.0. The molecule has 3 heterocycles. The van der Waals surface area contributed by atoms with Gasteiger partial charge in [-0.05, 0) is 52.9 Å². The number of aliphatic hydroxyl groups is 2. The predicted octanol–water partition coefficient (Wildman–Crippen LogP) is -0.469. The molecule has 32 heavy (non-hydrogen) atoms. The van der Waals surface area contributed by atoms with E-state index in [4.69, 9.17) is 14.4 Å². The summed E-state index contributed by atoms with van der Waals surface area (Å²) in [6.45, 7) is 7.98. The van der Waals surface area contributed by atoms with Crippen molar-refractivity contribution in [3.05, 3.63) is 12.4 Å². The van der Waals surface area contributed by atoms with Crippen LogP contribution >= 0.6 is 0 Å². The van der Waals surface area contributed by atoms with Gasteiger partial charge in [-0.15, -0.1) is 0 Å². The average molecular weight is 469 g/mol. The van der Waals surface area contributed by atoms with Gasteiger partial charge in [-0.3, -0.25) is 4.79 Å². The molecule has 1 atom stereocenters. The zero-order valence-corrected chi connectivity index (χ0v) is 19.8. The van der Waals surface area contributed by atoms with Crippen molar-refractivity contribution in [2.24, 2.45) is 5.92 Å². The lowest BCUT2D eigenvalue weighted by atomic mass is 9.81. The number of sulfone groups is 1. The molecule has 2 saturated heterocycles. The van der Waals surface area contributed by atoms with Gasteiger partial charge in [0.25, 0.3) is 5.91 Å². The van der Waals surface area contributed by atoms with Gasteiger partial charge in [-0.2, -0.15) is 0 Å². The van der Waals surface area contributed by atoms with E-state index in [-0.39, 0.29) is 16.8 Å². The molecule has 0 aliphatic carbocycles. The number of carbonyl (C=O) groups excluding carboxylic acids is 1. The minimum absolute atomic E-state index is 0.0826. The summed E-state index contributed by atoms with van der Waals surface area (Å²) in [5, 5.41) is 18.1. The van der Waals surface area contributed by atoms with E-state index in [9.17, 15) is 18.3 Å². The van der Waals surface area contributed by atoms with E-state index in [1.54, 1.807) is 0 Å². The molecule has 2 fully saturated rings. The summed E-state index contributed by atoms with van der Waals surface area (Å²) in [5.41, 5.74) is -0.470. The van der Waals surface area contributed by atoms with Gasteiger partial charge < -0.3 is 24.4 Å². The molecule has 0 saturated carbocycles. The molecule has 1 aromatic rings. The van der Waals surface area contributed by atoms with Gasteiger partial charge >= 0.3 is 7.12 Å². The molecule has 0 radical (unpaired) electrons. The number of aliphatic hydroxyl groups excluding tert-OH is 2. The molecule has 0 bridgehead atoms. The summed E-state index contributed by atoms with van der Waals surface area (Å²) in [4.78, 5) is 21.5. The van der Waals surface area contributed by atoms with Gasteiger partial charge in [-0.25, -0.2) is 18.4 Å². The summed E-state index contributed by atoms with van der Waals surface area (Å²) in [6.07, 6.45) is 3.18. The molecule has 0 spiro atoms. The van der Waals surface area contributed by atoms with Crippen LogP contribution in [0.15, 0.2) is 17.6 Å². The number of nitrogens with zero attached hydrogens (tertiary/aromatic N) is 3. The van der Waals surface area contributed by atoms with Crippen molar-refractivity contribution in [1.82, 2.24) is 14.9 Å². The highest BCUT2D eigenvalue weighted by molar-refractivity contribution is 7.91. The second-order valence-electron chi connectivity index (χ2n) is 9.46. The molecule has 10 nitrogen and oxygen atoms in total. The number of rotatable bonds is 7. The Morgan fingerprint density at radius 3 is 2.22 bits per heavy atom. The molecule has 0 aromatic carbocycles. The summed E-state index contributed by atoms with van der Waals surface area (Å²) in [7, 11) is -4.31. The van der Waals surface area contributed by atoms with E-state index in [1.807, 2.05) is 27.7 Å². The van der Waals surface area contributed by atoms with E-state index in [0.29, 0.717) is 37.8 Å². The molecule has 178 valence electrons. The summed E-state index contributed by atoms with van der Waals surface area (Å²) in [6, 6.07) is 0. The van der Waals surface area contributed by atoms with Gasteiger partial charge in [0.2, 0.25) is 15.0 Å².